The van der Waals surface area contributed by atoms with E-state index in [0.29, 0.717) is 5.95 Å². The average Bonchev–Trinajstić information content (AvgIpc) is 2.33. The molecule has 0 unspecified atom stereocenters. The zero-order valence-corrected chi connectivity index (χ0v) is 4.96. The first-order valence-electron chi connectivity index (χ1n) is 2.73. The molecule has 0 atom stereocenters. The lowest BCUT2D eigenvalue weighted by Gasteiger charge is -1.95. The number of hydrogen-bond acceptors (Lipinski definition) is 5. The molecular formula is C4H5N5O. The van der Waals surface area contributed by atoms with E-state index < -0.39 is 0 Å². The molecule has 0 amide bonds. The highest BCUT2D eigenvalue weighted by molar-refractivity contribution is 5.27. The Bertz CT molecular complexity index is 305. The van der Waals surface area contributed by atoms with Crippen molar-refractivity contribution in [3.63, 3.8) is 0 Å². The van der Waals surface area contributed by atoms with Gasteiger partial charge in [-0.25, -0.2) is 10.2 Å². The second-order valence-electron chi connectivity index (χ2n) is 1.82. The van der Waals surface area contributed by atoms with Gasteiger partial charge in [0.2, 0.25) is 5.95 Å². The summed E-state index contributed by atoms with van der Waals surface area (Å²) in [5.74, 6) is 0.465. The molecule has 6 heteroatoms. The molecule has 3 N–H and O–H groups in total. The molecule has 1 aromatic heterocycles. The van der Waals surface area contributed by atoms with Crippen molar-refractivity contribution in [2.24, 2.45) is 0 Å². The van der Waals surface area contributed by atoms with Gasteiger partial charge in [0.15, 0.2) is 0 Å². The first kappa shape index (κ1) is 5.24. The molecule has 0 aliphatic carbocycles. The molecule has 52 valence electrons. The minimum Gasteiger partial charge on any atom is -0.270 e. The fourth-order valence-corrected chi connectivity index (χ4v) is 0.727. The second kappa shape index (κ2) is 1.71. The van der Waals surface area contributed by atoms with E-state index in [9.17, 15) is 4.79 Å². The number of hydrogen-bond donors (Lipinski definition) is 3. The Morgan fingerprint density at radius 3 is 3.40 bits per heavy atom. The highest BCUT2D eigenvalue weighted by Crippen LogP contribution is 1.97. The second-order valence-corrected chi connectivity index (χ2v) is 1.82. The standard InChI is InChI=1S/C4H5N5O/c10-3-1-2-9-4(5-3)6-7-8-9/h1-2,7-8H,(H,5,6,10). The number of nitrogens with one attached hydrogen (secondary N) is 3. The van der Waals surface area contributed by atoms with Crippen LogP contribution in [0.1, 0.15) is 0 Å². The Balaban J connectivity index is 2.63. The van der Waals surface area contributed by atoms with Crippen LogP contribution in [0.2, 0.25) is 0 Å². The van der Waals surface area contributed by atoms with Crippen molar-refractivity contribution >= 4 is 5.95 Å². The van der Waals surface area contributed by atoms with Crippen LogP contribution in [0.3, 0.4) is 0 Å². The van der Waals surface area contributed by atoms with Crippen LogP contribution in [0.15, 0.2) is 17.1 Å². The van der Waals surface area contributed by atoms with Gasteiger partial charge in [-0.3, -0.25) is 10.2 Å². The summed E-state index contributed by atoms with van der Waals surface area (Å²) in [4.78, 5) is 14.2. The number of nitrogens with zero attached hydrogens (tertiary/aromatic N) is 2. The van der Waals surface area contributed by atoms with Gasteiger partial charge < -0.3 is 0 Å². The van der Waals surface area contributed by atoms with Gasteiger partial charge in [0.05, 0.1) is 0 Å². The van der Waals surface area contributed by atoms with E-state index in [4.69, 9.17) is 0 Å². The van der Waals surface area contributed by atoms with Crippen molar-refractivity contribution in [3.8, 4) is 0 Å². The number of hydrazine groups is 2. The number of aromatic nitrogens is 2. The summed E-state index contributed by atoms with van der Waals surface area (Å²) in [5, 5.41) is 0. The summed E-state index contributed by atoms with van der Waals surface area (Å²) in [6.45, 7) is 0. The van der Waals surface area contributed by atoms with E-state index >= 15 is 0 Å². The molecule has 0 saturated carbocycles. The zero-order valence-electron chi connectivity index (χ0n) is 4.96. The molecule has 0 radical (unpaired) electrons. The maximum Gasteiger partial charge on any atom is 0.274 e. The molecule has 1 aromatic rings. The first-order valence-corrected chi connectivity index (χ1v) is 2.73. The average molecular weight is 139 g/mol. The first-order chi connectivity index (χ1) is 4.86. The summed E-state index contributed by atoms with van der Waals surface area (Å²) >= 11 is 0. The number of anilines is 1. The summed E-state index contributed by atoms with van der Waals surface area (Å²) in [5.41, 5.74) is 7.63. The molecule has 1 aliphatic rings. The maximum absolute atomic E-state index is 10.6. The van der Waals surface area contributed by atoms with Gasteiger partial charge in [0.25, 0.3) is 5.56 Å². The normalized spacial score (nSPS) is 13.6. The van der Waals surface area contributed by atoms with Gasteiger partial charge in [-0.2, -0.15) is 4.98 Å². The van der Waals surface area contributed by atoms with Crippen molar-refractivity contribution in [3.05, 3.63) is 22.6 Å². The van der Waals surface area contributed by atoms with Gasteiger partial charge in [-0.15, -0.1) is 5.53 Å². The maximum atomic E-state index is 10.6. The smallest absolute Gasteiger partial charge is 0.270 e. The Kier molecular flexibility index (Phi) is 0.896. The number of rotatable bonds is 0. The minimum absolute atomic E-state index is 0.260. The third kappa shape index (κ3) is 0.627. The van der Waals surface area contributed by atoms with E-state index in [2.05, 4.69) is 21.5 Å². The highest BCUT2D eigenvalue weighted by Gasteiger charge is 2.05. The molecule has 0 fully saturated rings. The Morgan fingerprint density at radius 1 is 1.60 bits per heavy atom. The molecular weight excluding hydrogens is 134 g/mol. The SMILES string of the molecule is O=c1ccn2c(n1)NNN2. The quantitative estimate of drug-likeness (QED) is 0.413. The van der Waals surface area contributed by atoms with Gasteiger partial charge in [-0.1, -0.05) is 0 Å². The minimum atomic E-state index is -0.260. The van der Waals surface area contributed by atoms with Crippen molar-refractivity contribution in [1.82, 2.24) is 15.2 Å². The van der Waals surface area contributed by atoms with Crippen LogP contribution >= 0.6 is 0 Å². The van der Waals surface area contributed by atoms with Gasteiger partial charge in [-0.05, 0) is 0 Å². The predicted octanol–water partition coefficient (Wildman–Crippen LogP) is -1.37. The van der Waals surface area contributed by atoms with Crippen LogP contribution in [-0.2, 0) is 0 Å². The molecule has 2 heterocycles. The van der Waals surface area contributed by atoms with Crippen molar-refractivity contribution in [1.29, 1.82) is 0 Å². The van der Waals surface area contributed by atoms with Crippen molar-refractivity contribution < 1.29 is 0 Å². The molecule has 1 aliphatic heterocycles. The molecule has 0 aromatic carbocycles. The summed E-state index contributed by atoms with van der Waals surface area (Å²) in [6, 6.07) is 1.37. The largest absolute Gasteiger partial charge is 0.274 e. The summed E-state index contributed by atoms with van der Waals surface area (Å²) < 4.78 is 1.56. The van der Waals surface area contributed by atoms with Gasteiger partial charge in [0.1, 0.15) is 0 Å². The lowest BCUT2D eigenvalue weighted by Crippen LogP contribution is -2.23. The predicted molar refractivity (Wildman–Crippen MR) is 34.6 cm³/mol. The van der Waals surface area contributed by atoms with Gasteiger partial charge in [0, 0.05) is 12.3 Å². The van der Waals surface area contributed by atoms with Crippen LogP contribution in [0.5, 0.6) is 0 Å². The van der Waals surface area contributed by atoms with Crippen LogP contribution in [0.25, 0.3) is 0 Å². The van der Waals surface area contributed by atoms with E-state index in [1.807, 2.05) is 0 Å². The van der Waals surface area contributed by atoms with Gasteiger partial charge >= 0.3 is 0 Å². The summed E-state index contributed by atoms with van der Waals surface area (Å²) in [6.07, 6.45) is 1.58. The van der Waals surface area contributed by atoms with Crippen LogP contribution in [-0.4, -0.2) is 9.66 Å². The third-order valence-corrected chi connectivity index (χ3v) is 1.16. The van der Waals surface area contributed by atoms with Crippen molar-refractivity contribution in [2.75, 3.05) is 11.0 Å². The summed E-state index contributed by atoms with van der Waals surface area (Å²) in [7, 11) is 0. The third-order valence-electron chi connectivity index (χ3n) is 1.16. The van der Waals surface area contributed by atoms with Crippen molar-refractivity contribution in [2.45, 2.75) is 0 Å². The molecule has 6 nitrogen and oxygen atoms in total. The van der Waals surface area contributed by atoms with Crippen LogP contribution in [0.4, 0.5) is 5.95 Å². The lowest BCUT2D eigenvalue weighted by atomic mass is 10.6. The topological polar surface area (TPSA) is 71.0 Å². The number of fused-ring (bicyclic) bond motifs is 1. The van der Waals surface area contributed by atoms with E-state index in [1.165, 1.54) is 6.07 Å². The Labute approximate surface area is 55.8 Å². The molecule has 0 saturated heterocycles. The molecule has 0 bridgehead atoms. The molecule has 0 spiro atoms. The Hall–Kier alpha value is -1.56. The van der Waals surface area contributed by atoms with E-state index in [1.54, 1.807) is 10.9 Å². The molecule has 10 heavy (non-hydrogen) atoms. The van der Waals surface area contributed by atoms with E-state index in [0.717, 1.165) is 0 Å². The monoisotopic (exact) mass is 139 g/mol. The lowest BCUT2D eigenvalue weighted by molar-refractivity contribution is 0.841. The highest BCUT2D eigenvalue weighted by atomic mass is 16.1. The van der Waals surface area contributed by atoms with Crippen LogP contribution < -0.4 is 22.1 Å². The Morgan fingerprint density at radius 2 is 2.50 bits per heavy atom. The van der Waals surface area contributed by atoms with Crippen LogP contribution in [0, 0.1) is 0 Å². The fourth-order valence-electron chi connectivity index (χ4n) is 0.727. The van der Waals surface area contributed by atoms with E-state index in [-0.39, 0.29) is 5.56 Å². The molecule has 2 rings (SSSR count). The zero-order chi connectivity index (χ0) is 6.97. The fraction of sp³-hybridized carbons (Fsp3) is 0.